The number of aliphatic hydroxyl groups is 1. The minimum Gasteiger partial charge on any atom is -0.394 e. The van der Waals surface area contributed by atoms with Gasteiger partial charge in [-0.15, -0.1) is 0 Å². The molecule has 0 aromatic heterocycles. The van der Waals surface area contributed by atoms with Crippen molar-refractivity contribution in [3.63, 3.8) is 0 Å². The Hall–Kier alpha value is 0.140. The van der Waals surface area contributed by atoms with E-state index in [2.05, 4.69) is 0 Å². The predicted molar refractivity (Wildman–Crippen MR) is 85.5 cm³/mol. The van der Waals surface area contributed by atoms with Gasteiger partial charge in [0.1, 0.15) is 6.10 Å². The molecular formula is C13H28O6S2. The Morgan fingerprint density at radius 2 is 1.76 bits per heavy atom. The van der Waals surface area contributed by atoms with Crippen LogP contribution in [0.1, 0.15) is 13.3 Å². The van der Waals surface area contributed by atoms with E-state index in [4.69, 9.17) is 19.3 Å². The van der Waals surface area contributed by atoms with E-state index in [1.165, 1.54) is 0 Å². The van der Waals surface area contributed by atoms with Crippen molar-refractivity contribution in [3.8, 4) is 0 Å². The lowest BCUT2D eigenvalue weighted by Gasteiger charge is -2.20. The molecule has 5 unspecified atom stereocenters. The fourth-order valence-electron chi connectivity index (χ4n) is 1.56. The van der Waals surface area contributed by atoms with E-state index in [0.717, 1.165) is 6.42 Å². The van der Waals surface area contributed by atoms with Crippen molar-refractivity contribution in [2.45, 2.75) is 30.8 Å². The number of hydrogen-bond donors (Lipinski definition) is 1. The summed E-state index contributed by atoms with van der Waals surface area (Å²) in [5.41, 5.74) is 0. The Morgan fingerprint density at radius 1 is 1.10 bits per heavy atom. The van der Waals surface area contributed by atoms with E-state index < -0.39 is 21.6 Å². The summed E-state index contributed by atoms with van der Waals surface area (Å²) in [6.45, 7) is 2.83. The molecule has 0 aliphatic heterocycles. The molecule has 0 bridgehead atoms. The third kappa shape index (κ3) is 10.5. The van der Waals surface area contributed by atoms with Crippen molar-refractivity contribution in [2.24, 2.45) is 0 Å². The van der Waals surface area contributed by atoms with Gasteiger partial charge in [-0.05, 0) is 6.42 Å². The molecule has 6 nitrogen and oxygen atoms in total. The number of hydrogen-bond acceptors (Lipinski definition) is 6. The maximum atomic E-state index is 11.5. The van der Waals surface area contributed by atoms with Crippen LogP contribution in [0.25, 0.3) is 0 Å². The van der Waals surface area contributed by atoms with Crippen molar-refractivity contribution >= 4 is 21.6 Å². The molecule has 0 spiro atoms. The fourth-order valence-corrected chi connectivity index (χ4v) is 3.81. The van der Waals surface area contributed by atoms with Gasteiger partial charge in [-0.25, -0.2) is 0 Å². The van der Waals surface area contributed by atoms with Crippen LogP contribution in [-0.4, -0.2) is 82.8 Å². The zero-order chi connectivity index (χ0) is 16.3. The van der Waals surface area contributed by atoms with Gasteiger partial charge in [0, 0.05) is 47.0 Å². The molecule has 8 heteroatoms. The first-order valence-electron chi connectivity index (χ1n) is 6.89. The van der Waals surface area contributed by atoms with Gasteiger partial charge in [0.2, 0.25) is 0 Å². The number of rotatable bonds is 13. The highest BCUT2D eigenvalue weighted by Gasteiger charge is 2.17. The average Bonchev–Trinajstić information content (AvgIpc) is 2.44. The molecule has 0 aliphatic carbocycles. The van der Waals surface area contributed by atoms with Crippen LogP contribution in [-0.2, 0) is 35.8 Å². The summed E-state index contributed by atoms with van der Waals surface area (Å²) < 4.78 is 39.0. The molecule has 0 saturated heterocycles. The maximum absolute atomic E-state index is 11.5. The van der Waals surface area contributed by atoms with Gasteiger partial charge in [-0.1, -0.05) is 6.92 Å². The van der Waals surface area contributed by atoms with Crippen LogP contribution < -0.4 is 0 Å². The quantitative estimate of drug-likeness (QED) is 0.504. The summed E-state index contributed by atoms with van der Waals surface area (Å²) in [5, 5.41) is 8.81. The van der Waals surface area contributed by atoms with Crippen molar-refractivity contribution in [2.75, 3.05) is 51.8 Å². The zero-order valence-electron chi connectivity index (χ0n) is 13.3. The highest BCUT2D eigenvalue weighted by molar-refractivity contribution is 7.88. The Labute approximate surface area is 132 Å². The third-order valence-corrected chi connectivity index (χ3v) is 5.33. The Morgan fingerprint density at radius 3 is 2.19 bits per heavy atom. The molecule has 0 saturated carbocycles. The lowest BCUT2D eigenvalue weighted by molar-refractivity contribution is -0.0723. The van der Waals surface area contributed by atoms with Crippen molar-refractivity contribution < 1.29 is 27.7 Å². The lowest BCUT2D eigenvalue weighted by Crippen LogP contribution is -2.32. The van der Waals surface area contributed by atoms with E-state index in [1.807, 2.05) is 6.92 Å². The molecule has 0 heterocycles. The Balaban J connectivity index is 4.08. The first-order valence-corrected chi connectivity index (χ1v) is 10.2. The summed E-state index contributed by atoms with van der Waals surface area (Å²) in [6, 6.07) is 0. The first-order chi connectivity index (χ1) is 9.94. The highest BCUT2D eigenvalue weighted by Crippen LogP contribution is 2.03. The van der Waals surface area contributed by atoms with Crippen LogP contribution in [0.15, 0.2) is 0 Å². The first kappa shape index (κ1) is 21.1. The summed E-state index contributed by atoms with van der Waals surface area (Å²) in [4.78, 5) is 0. The van der Waals surface area contributed by atoms with Gasteiger partial charge in [-0.3, -0.25) is 8.42 Å². The van der Waals surface area contributed by atoms with Gasteiger partial charge in [0.15, 0.2) is 0 Å². The van der Waals surface area contributed by atoms with Crippen LogP contribution >= 0.6 is 0 Å². The molecule has 0 aromatic rings. The Bertz CT molecular complexity index is 309. The third-order valence-electron chi connectivity index (χ3n) is 3.01. The SMILES string of the molecule is CCC(CO)OCC(COCC(CS(C)=O)S(C)=O)OC. The van der Waals surface area contributed by atoms with Crippen LogP contribution in [0.2, 0.25) is 0 Å². The Kier molecular flexibility index (Phi) is 12.7. The van der Waals surface area contributed by atoms with Gasteiger partial charge >= 0.3 is 0 Å². The molecule has 0 fully saturated rings. The second-order valence-corrected chi connectivity index (χ2v) is 7.95. The molecule has 0 radical (unpaired) electrons. The van der Waals surface area contributed by atoms with E-state index in [9.17, 15) is 8.42 Å². The molecule has 0 rings (SSSR count). The van der Waals surface area contributed by atoms with E-state index >= 15 is 0 Å². The molecule has 21 heavy (non-hydrogen) atoms. The summed E-state index contributed by atoms with van der Waals surface area (Å²) >= 11 is 0. The smallest absolute Gasteiger partial charge is 0.104 e. The van der Waals surface area contributed by atoms with Crippen LogP contribution in [0.4, 0.5) is 0 Å². The van der Waals surface area contributed by atoms with Crippen LogP contribution in [0.5, 0.6) is 0 Å². The monoisotopic (exact) mass is 344 g/mol. The highest BCUT2D eigenvalue weighted by atomic mass is 32.2. The van der Waals surface area contributed by atoms with Gasteiger partial charge < -0.3 is 19.3 Å². The second-order valence-electron chi connectivity index (χ2n) is 4.80. The van der Waals surface area contributed by atoms with E-state index in [1.54, 1.807) is 19.6 Å². The van der Waals surface area contributed by atoms with Gasteiger partial charge in [0.25, 0.3) is 0 Å². The van der Waals surface area contributed by atoms with Crippen molar-refractivity contribution in [1.82, 2.24) is 0 Å². The topological polar surface area (TPSA) is 82.1 Å². The van der Waals surface area contributed by atoms with Crippen molar-refractivity contribution in [1.29, 1.82) is 0 Å². The minimum absolute atomic E-state index is 0.0208. The minimum atomic E-state index is -1.08. The fraction of sp³-hybridized carbons (Fsp3) is 1.00. The predicted octanol–water partition coefficient (Wildman–Crippen LogP) is -0.0689. The van der Waals surface area contributed by atoms with E-state index in [0.29, 0.717) is 19.0 Å². The standard InChI is InChI=1S/C13H28O6S2/c1-5-11(6-14)19-8-12(17-2)7-18-9-13(21(4)16)10-20(3)15/h11-14H,5-10H2,1-4H3. The maximum Gasteiger partial charge on any atom is 0.104 e. The lowest BCUT2D eigenvalue weighted by atomic mass is 10.3. The summed E-state index contributed by atoms with van der Waals surface area (Å²) in [6.07, 6.45) is 3.47. The number of aliphatic hydroxyl groups excluding tert-OH is 1. The second kappa shape index (κ2) is 12.7. The number of ether oxygens (including phenoxy) is 3. The average molecular weight is 344 g/mol. The molecule has 0 amide bonds. The summed E-state index contributed by atoms with van der Waals surface area (Å²) in [7, 11) is -0.515. The van der Waals surface area contributed by atoms with Gasteiger partial charge in [-0.2, -0.15) is 0 Å². The summed E-state index contributed by atoms with van der Waals surface area (Å²) in [5.74, 6) is 0.361. The van der Waals surface area contributed by atoms with E-state index in [-0.39, 0.29) is 30.7 Å². The van der Waals surface area contributed by atoms with Crippen LogP contribution in [0, 0.1) is 0 Å². The normalized spacial score (nSPS) is 18.9. The zero-order valence-corrected chi connectivity index (χ0v) is 14.9. The molecular weight excluding hydrogens is 316 g/mol. The largest absolute Gasteiger partial charge is 0.394 e. The van der Waals surface area contributed by atoms with Crippen LogP contribution in [0.3, 0.4) is 0 Å². The molecule has 0 aromatic carbocycles. The number of methoxy groups -OCH3 is 1. The molecule has 128 valence electrons. The van der Waals surface area contributed by atoms with Crippen molar-refractivity contribution in [3.05, 3.63) is 0 Å². The molecule has 5 atom stereocenters. The molecule has 0 aliphatic rings. The van der Waals surface area contributed by atoms with Gasteiger partial charge in [0.05, 0.1) is 37.8 Å². The molecule has 1 N–H and O–H groups in total.